The Morgan fingerprint density at radius 2 is 1.35 bits per heavy atom. The van der Waals surface area contributed by atoms with Crippen LogP contribution in [0.2, 0.25) is 15.1 Å². The van der Waals surface area contributed by atoms with Gasteiger partial charge in [0.1, 0.15) is 0 Å². The minimum atomic E-state index is -0.193. The Morgan fingerprint density at radius 3 is 2.08 bits per heavy atom. The Morgan fingerprint density at radius 1 is 0.731 bits per heavy atom. The molecule has 1 aliphatic rings. The van der Waals surface area contributed by atoms with Crippen LogP contribution in [0.3, 0.4) is 0 Å². The first-order valence-electron chi connectivity index (χ1n) is 7.92. The second-order valence-electron chi connectivity index (χ2n) is 5.81. The van der Waals surface area contributed by atoms with E-state index in [0.717, 1.165) is 16.8 Å². The van der Waals surface area contributed by atoms with E-state index in [2.05, 4.69) is 0 Å². The van der Waals surface area contributed by atoms with Crippen LogP contribution >= 0.6 is 34.8 Å². The third kappa shape index (κ3) is 2.80. The maximum atomic E-state index is 13.3. The predicted octanol–water partition coefficient (Wildman–Crippen LogP) is 6.87. The normalized spacial score (nSPS) is 14.8. The summed E-state index contributed by atoms with van der Waals surface area (Å²) in [5.41, 5.74) is 3.36. The Bertz CT molecular complexity index is 1040. The first-order valence-corrected chi connectivity index (χ1v) is 9.05. The van der Waals surface area contributed by atoms with Crippen LogP contribution in [0.25, 0.3) is 11.6 Å². The minimum Gasteiger partial charge on any atom is -0.273 e. The molecule has 2 nitrogen and oxygen atoms in total. The average Bonchev–Trinajstić information content (AvgIpc) is 2.90. The van der Waals surface area contributed by atoms with E-state index in [4.69, 9.17) is 34.8 Å². The molecular formula is C21H12Cl3NO. The largest absolute Gasteiger partial charge is 0.273 e. The highest BCUT2D eigenvalue weighted by molar-refractivity contribution is 6.45. The zero-order valence-corrected chi connectivity index (χ0v) is 15.7. The summed E-state index contributed by atoms with van der Waals surface area (Å²) in [6.45, 7) is 0. The molecule has 0 bridgehead atoms. The van der Waals surface area contributed by atoms with Crippen molar-refractivity contribution in [3.63, 3.8) is 0 Å². The first-order chi connectivity index (χ1) is 12.6. The van der Waals surface area contributed by atoms with Gasteiger partial charge in [0.2, 0.25) is 0 Å². The molecule has 0 saturated carbocycles. The van der Waals surface area contributed by atoms with Crippen molar-refractivity contribution in [3.8, 4) is 0 Å². The number of amides is 1. The fourth-order valence-electron chi connectivity index (χ4n) is 3.05. The van der Waals surface area contributed by atoms with E-state index in [9.17, 15) is 4.79 Å². The highest BCUT2D eigenvalue weighted by Crippen LogP contribution is 2.46. The van der Waals surface area contributed by atoms with E-state index in [1.165, 1.54) is 0 Å². The first kappa shape index (κ1) is 17.2. The van der Waals surface area contributed by atoms with Gasteiger partial charge < -0.3 is 0 Å². The molecule has 1 amide bonds. The van der Waals surface area contributed by atoms with Crippen LogP contribution in [0.5, 0.6) is 0 Å². The van der Waals surface area contributed by atoms with E-state index in [1.807, 2.05) is 42.5 Å². The molecule has 26 heavy (non-hydrogen) atoms. The van der Waals surface area contributed by atoms with Crippen molar-refractivity contribution in [2.45, 2.75) is 0 Å². The zero-order valence-electron chi connectivity index (χ0n) is 13.4. The lowest BCUT2D eigenvalue weighted by molar-refractivity contribution is -0.112. The number of fused-ring (bicyclic) bond motifs is 1. The number of hydrogen-bond donors (Lipinski definition) is 0. The van der Waals surface area contributed by atoms with Crippen molar-refractivity contribution < 1.29 is 4.79 Å². The summed E-state index contributed by atoms with van der Waals surface area (Å²) in [5, 5.41) is 1.42. The van der Waals surface area contributed by atoms with Gasteiger partial charge in [0.15, 0.2) is 0 Å². The van der Waals surface area contributed by atoms with Crippen LogP contribution in [-0.2, 0) is 4.79 Å². The van der Waals surface area contributed by atoms with Crippen molar-refractivity contribution >= 4 is 63.7 Å². The molecule has 1 heterocycles. The topological polar surface area (TPSA) is 20.3 Å². The van der Waals surface area contributed by atoms with Gasteiger partial charge in [-0.05, 0) is 35.9 Å². The van der Waals surface area contributed by atoms with Gasteiger partial charge in [-0.25, -0.2) is 0 Å². The lowest BCUT2D eigenvalue weighted by atomic mass is 10.0. The van der Waals surface area contributed by atoms with Gasteiger partial charge in [0.25, 0.3) is 5.91 Å². The molecule has 128 valence electrons. The quantitative estimate of drug-likeness (QED) is 0.430. The molecule has 0 radical (unpaired) electrons. The number of para-hydroxylation sites is 2. The Hall–Kier alpha value is -2.26. The molecule has 0 aromatic heterocycles. The van der Waals surface area contributed by atoms with Gasteiger partial charge in [0, 0.05) is 10.6 Å². The van der Waals surface area contributed by atoms with E-state index in [1.54, 1.807) is 35.2 Å². The monoisotopic (exact) mass is 399 g/mol. The van der Waals surface area contributed by atoms with Gasteiger partial charge in [-0.1, -0.05) is 77.3 Å². The Kier molecular flexibility index (Phi) is 4.49. The number of carbonyl (C=O) groups excluding carboxylic acids is 1. The highest BCUT2D eigenvalue weighted by Gasteiger charge is 2.35. The molecule has 3 aromatic rings. The molecule has 0 fully saturated rings. The van der Waals surface area contributed by atoms with Gasteiger partial charge in [-0.3, -0.25) is 9.69 Å². The van der Waals surface area contributed by atoms with Crippen LogP contribution in [-0.4, -0.2) is 5.91 Å². The Labute approximate surface area is 166 Å². The third-order valence-electron chi connectivity index (χ3n) is 4.23. The van der Waals surface area contributed by atoms with Crippen molar-refractivity contribution in [1.82, 2.24) is 0 Å². The van der Waals surface area contributed by atoms with Gasteiger partial charge in [-0.2, -0.15) is 0 Å². The number of halogens is 3. The summed E-state index contributed by atoms with van der Waals surface area (Å²) >= 11 is 19.0. The SMILES string of the molecule is O=C1/C(=C\c2ccccc2Cl)c2ccccc2N1c1c(Cl)cccc1Cl. The van der Waals surface area contributed by atoms with Crippen LogP contribution in [0, 0.1) is 0 Å². The fraction of sp³-hybridized carbons (Fsp3) is 0. The van der Waals surface area contributed by atoms with Crippen LogP contribution in [0.1, 0.15) is 11.1 Å². The molecule has 3 aromatic carbocycles. The number of anilines is 2. The number of carbonyl (C=O) groups is 1. The van der Waals surface area contributed by atoms with Crippen molar-refractivity contribution in [1.29, 1.82) is 0 Å². The lowest BCUT2D eigenvalue weighted by Crippen LogP contribution is -2.21. The molecular weight excluding hydrogens is 389 g/mol. The van der Waals surface area contributed by atoms with Crippen molar-refractivity contribution in [3.05, 3.63) is 92.9 Å². The molecule has 5 heteroatoms. The summed E-state index contributed by atoms with van der Waals surface area (Å²) in [7, 11) is 0. The molecule has 1 aliphatic heterocycles. The molecule has 0 unspecified atom stereocenters. The van der Waals surface area contributed by atoms with Gasteiger partial charge >= 0.3 is 0 Å². The maximum Gasteiger partial charge on any atom is 0.263 e. The van der Waals surface area contributed by atoms with E-state index >= 15 is 0 Å². The minimum absolute atomic E-state index is 0.193. The van der Waals surface area contributed by atoms with E-state index in [-0.39, 0.29) is 5.91 Å². The fourth-order valence-corrected chi connectivity index (χ4v) is 3.81. The molecule has 4 rings (SSSR count). The number of nitrogens with zero attached hydrogens (tertiary/aromatic N) is 1. The summed E-state index contributed by atoms with van der Waals surface area (Å²) < 4.78 is 0. The molecule has 0 spiro atoms. The van der Waals surface area contributed by atoms with Crippen molar-refractivity contribution in [2.24, 2.45) is 0 Å². The summed E-state index contributed by atoms with van der Waals surface area (Å²) in [6.07, 6.45) is 1.80. The highest BCUT2D eigenvalue weighted by atomic mass is 35.5. The van der Waals surface area contributed by atoms with Crippen LogP contribution in [0.15, 0.2) is 66.7 Å². The average molecular weight is 401 g/mol. The van der Waals surface area contributed by atoms with Crippen molar-refractivity contribution in [2.75, 3.05) is 4.90 Å². The summed E-state index contributed by atoms with van der Waals surface area (Å²) in [4.78, 5) is 14.8. The van der Waals surface area contributed by atoms with Gasteiger partial charge in [-0.15, -0.1) is 0 Å². The Balaban J connectivity index is 1.93. The number of benzene rings is 3. The van der Waals surface area contributed by atoms with Crippen LogP contribution in [0.4, 0.5) is 11.4 Å². The number of rotatable bonds is 2. The third-order valence-corrected chi connectivity index (χ3v) is 5.19. The smallest absolute Gasteiger partial charge is 0.263 e. The standard InChI is InChI=1S/C21H12Cl3NO/c22-16-8-3-1-6-13(16)12-15-14-7-2-4-11-19(14)25(21(15)26)20-17(23)9-5-10-18(20)24/h1-12H/b15-12-. The lowest BCUT2D eigenvalue weighted by Gasteiger charge is -2.20. The van der Waals surface area contributed by atoms with E-state index in [0.29, 0.717) is 26.3 Å². The molecule has 0 aliphatic carbocycles. The maximum absolute atomic E-state index is 13.3. The predicted molar refractivity (Wildman–Crippen MR) is 109 cm³/mol. The summed E-state index contributed by atoms with van der Waals surface area (Å²) in [5.74, 6) is -0.193. The zero-order chi connectivity index (χ0) is 18.3. The van der Waals surface area contributed by atoms with E-state index < -0.39 is 0 Å². The second kappa shape index (κ2) is 6.81. The summed E-state index contributed by atoms with van der Waals surface area (Å²) in [6, 6.07) is 20.1. The number of hydrogen-bond acceptors (Lipinski definition) is 1. The molecule has 0 saturated heterocycles. The molecule has 0 N–H and O–H groups in total. The van der Waals surface area contributed by atoms with Gasteiger partial charge in [0.05, 0.1) is 27.0 Å². The molecule has 0 atom stereocenters. The second-order valence-corrected chi connectivity index (χ2v) is 7.03. The van der Waals surface area contributed by atoms with Crippen LogP contribution < -0.4 is 4.90 Å².